The second kappa shape index (κ2) is 4.73. The fraction of sp³-hybridized carbons (Fsp3) is 0.455. The van der Waals surface area contributed by atoms with Gasteiger partial charge in [0.1, 0.15) is 0 Å². The molecule has 1 aliphatic rings. The van der Waals surface area contributed by atoms with Crippen LogP contribution in [0.4, 0.5) is 0 Å². The van der Waals surface area contributed by atoms with Crippen molar-refractivity contribution < 1.29 is 8.42 Å². The summed E-state index contributed by atoms with van der Waals surface area (Å²) in [5.41, 5.74) is 1.12. The lowest BCUT2D eigenvalue weighted by Gasteiger charge is -2.10. The lowest BCUT2D eigenvalue weighted by Crippen LogP contribution is -2.29. The molecule has 2 rings (SSSR count). The molecule has 1 aromatic rings. The monoisotopic (exact) mass is 259 g/mol. The molecule has 16 heavy (non-hydrogen) atoms. The molecule has 5 heteroatoms. The fourth-order valence-corrected chi connectivity index (χ4v) is 3.65. The molecule has 0 amide bonds. The molecule has 1 atom stereocenters. The zero-order valence-corrected chi connectivity index (χ0v) is 10.4. The number of halogens is 1. The van der Waals surface area contributed by atoms with Crippen LogP contribution in [-0.4, -0.2) is 26.0 Å². The van der Waals surface area contributed by atoms with Crippen molar-refractivity contribution in [2.45, 2.75) is 19.0 Å². The standard InChI is InChI=1S/C11H14ClNO2S/c12-10-3-1-9(2-4-10)7-13-11-5-6-16(14,15)8-11/h1-4,11,13H,5-8H2. The molecule has 0 bridgehead atoms. The SMILES string of the molecule is O=S1(=O)CCC(NCc2ccc(Cl)cc2)C1. The minimum absolute atomic E-state index is 0.0979. The lowest BCUT2D eigenvalue weighted by molar-refractivity contribution is 0.554. The summed E-state index contributed by atoms with van der Waals surface area (Å²) in [7, 11) is -2.79. The second-order valence-electron chi connectivity index (χ2n) is 4.11. The Kier molecular flexibility index (Phi) is 3.52. The molecule has 1 fully saturated rings. The summed E-state index contributed by atoms with van der Waals surface area (Å²) in [6.07, 6.45) is 0.718. The Morgan fingerprint density at radius 2 is 2.00 bits per heavy atom. The molecular formula is C11H14ClNO2S. The topological polar surface area (TPSA) is 46.2 Å². The van der Waals surface area contributed by atoms with Crippen LogP contribution in [0.3, 0.4) is 0 Å². The molecule has 0 saturated carbocycles. The number of benzene rings is 1. The fourth-order valence-electron chi connectivity index (χ4n) is 1.82. The average molecular weight is 260 g/mol. The molecule has 1 saturated heterocycles. The van der Waals surface area contributed by atoms with Crippen molar-refractivity contribution in [2.24, 2.45) is 0 Å². The first-order valence-corrected chi connectivity index (χ1v) is 7.43. The van der Waals surface area contributed by atoms with Crippen LogP contribution in [0, 0.1) is 0 Å². The van der Waals surface area contributed by atoms with E-state index in [0.29, 0.717) is 17.3 Å². The summed E-state index contributed by atoms with van der Waals surface area (Å²) in [4.78, 5) is 0. The van der Waals surface area contributed by atoms with Gasteiger partial charge in [-0.1, -0.05) is 23.7 Å². The summed E-state index contributed by atoms with van der Waals surface area (Å²) >= 11 is 5.78. The maximum absolute atomic E-state index is 11.2. The van der Waals surface area contributed by atoms with Crippen molar-refractivity contribution >= 4 is 21.4 Å². The molecule has 1 aliphatic heterocycles. The van der Waals surface area contributed by atoms with E-state index in [9.17, 15) is 8.42 Å². The predicted molar refractivity (Wildman–Crippen MR) is 65.4 cm³/mol. The average Bonchev–Trinajstić information content (AvgIpc) is 2.58. The molecular weight excluding hydrogens is 246 g/mol. The molecule has 0 aromatic heterocycles. The third kappa shape index (κ3) is 3.20. The van der Waals surface area contributed by atoms with E-state index >= 15 is 0 Å². The number of hydrogen-bond donors (Lipinski definition) is 1. The van der Waals surface area contributed by atoms with Crippen LogP contribution in [0.2, 0.25) is 5.02 Å². The van der Waals surface area contributed by atoms with Gasteiger partial charge in [0.2, 0.25) is 0 Å². The predicted octanol–water partition coefficient (Wildman–Crippen LogP) is 1.62. The number of nitrogens with one attached hydrogen (secondary N) is 1. The van der Waals surface area contributed by atoms with E-state index in [-0.39, 0.29) is 11.8 Å². The molecule has 1 unspecified atom stereocenters. The van der Waals surface area contributed by atoms with Gasteiger partial charge in [0.15, 0.2) is 9.84 Å². The van der Waals surface area contributed by atoms with Gasteiger partial charge in [0, 0.05) is 17.6 Å². The van der Waals surface area contributed by atoms with Gasteiger partial charge in [-0.05, 0) is 24.1 Å². The van der Waals surface area contributed by atoms with Crippen LogP contribution < -0.4 is 5.32 Å². The summed E-state index contributed by atoms with van der Waals surface area (Å²) in [6, 6.07) is 7.66. The van der Waals surface area contributed by atoms with Crippen molar-refractivity contribution in [1.82, 2.24) is 5.32 Å². The van der Waals surface area contributed by atoms with Gasteiger partial charge in [0.05, 0.1) is 11.5 Å². The smallest absolute Gasteiger partial charge is 0.151 e. The van der Waals surface area contributed by atoms with E-state index in [1.165, 1.54) is 0 Å². The first-order valence-electron chi connectivity index (χ1n) is 5.23. The summed E-state index contributed by atoms with van der Waals surface area (Å²) < 4.78 is 22.5. The lowest BCUT2D eigenvalue weighted by atomic mass is 10.2. The minimum Gasteiger partial charge on any atom is -0.309 e. The van der Waals surface area contributed by atoms with Gasteiger partial charge in [-0.3, -0.25) is 0 Å². The quantitative estimate of drug-likeness (QED) is 0.897. The first kappa shape index (κ1) is 11.9. The molecule has 88 valence electrons. The highest BCUT2D eigenvalue weighted by molar-refractivity contribution is 7.91. The largest absolute Gasteiger partial charge is 0.309 e. The van der Waals surface area contributed by atoms with E-state index in [4.69, 9.17) is 11.6 Å². The van der Waals surface area contributed by atoms with Gasteiger partial charge >= 0.3 is 0 Å². The number of rotatable bonds is 3. The van der Waals surface area contributed by atoms with E-state index < -0.39 is 9.84 Å². The van der Waals surface area contributed by atoms with Gasteiger partial charge < -0.3 is 5.32 Å². The van der Waals surface area contributed by atoms with Gasteiger partial charge in [-0.25, -0.2) is 8.42 Å². The highest BCUT2D eigenvalue weighted by Crippen LogP contribution is 2.13. The first-order chi connectivity index (χ1) is 7.55. The molecule has 1 heterocycles. The van der Waals surface area contributed by atoms with Crippen LogP contribution in [0.25, 0.3) is 0 Å². The van der Waals surface area contributed by atoms with Crippen molar-refractivity contribution in [2.75, 3.05) is 11.5 Å². The molecule has 0 radical (unpaired) electrons. The van der Waals surface area contributed by atoms with E-state index in [1.54, 1.807) is 0 Å². The molecule has 3 nitrogen and oxygen atoms in total. The van der Waals surface area contributed by atoms with Crippen molar-refractivity contribution in [3.63, 3.8) is 0 Å². The third-order valence-corrected chi connectivity index (χ3v) is 4.76. The van der Waals surface area contributed by atoms with Crippen LogP contribution in [0.5, 0.6) is 0 Å². The highest BCUT2D eigenvalue weighted by atomic mass is 35.5. The Labute approximate surface area is 101 Å². The normalized spacial score (nSPS) is 23.4. The van der Waals surface area contributed by atoms with Crippen LogP contribution in [0.1, 0.15) is 12.0 Å². The van der Waals surface area contributed by atoms with E-state index in [1.807, 2.05) is 24.3 Å². The van der Waals surface area contributed by atoms with Crippen molar-refractivity contribution in [1.29, 1.82) is 0 Å². The summed E-state index contributed by atoms with van der Waals surface area (Å²) in [5, 5.41) is 3.97. The van der Waals surface area contributed by atoms with Gasteiger partial charge in [-0.2, -0.15) is 0 Å². The molecule has 0 spiro atoms. The van der Waals surface area contributed by atoms with Gasteiger partial charge in [0.25, 0.3) is 0 Å². The zero-order chi connectivity index (χ0) is 11.6. The summed E-state index contributed by atoms with van der Waals surface area (Å²) in [5.74, 6) is 0.575. The maximum atomic E-state index is 11.2. The Balaban J connectivity index is 1.87. The molecule has 1 aromatic carbocycles. The maximum Gasteiger partial charge on any atom is 0.151 e. The molecule has 1 N–H and O–H groups in total. The number of sulfone groups is 1. The Morgan fingerprint density at radius 3 is 2.56 bits per heavy atom. The third-order valence-electron chi connectivity index (χ3n) is 2.74. The summed E-state index contributed by atoms with van der Waals surface area (Å²) in [6.45, 7) is 0.692. The second-order valence-corrected chi connectivity index (χ2v) is 6.77. The van der Waals surface area contributed by atoms with E-state index in [2.05, 4.69) is 5.32 Å². The zero-order valence-electron chi connectivity index (χ0n) is 8.82. The Bertz CT molecular complexity index is 455. The van der Waals surface area contributed by atoms with Crippen molar-refractivity contribution in [3.05, 3.63) is 34.9 Å². The van der Waals surface area contributed by atoms with Gasteiger partial charge in [-0.15, -0.1) is 0 Å². The molecule has 0 aliphatic carbocycles. The van der Waals surface area contributed by atoms with Crippen LogP contribution in [0.15, 0.2) is 24.3 Å². The number of hydrogen-bond acceptors (Lipinski definition) is 3. The van der Waals surface area contributed by atoms with Crippen LogP contribution >= 0.6 is 11.6 Å². The van der Waals surface area contributed by atoms with Crippen molar-refractivity contribution in [3.8, 4) is 0 Å². The Hall–Kier alpha value is -0.580. The minimum atomic E-state index is -2.79. The van der Waals surface area contributed by atoms with Crippen LogP contribution in [-0.2, 0) is 16.4 Å². The Morgan fingerprint density at radius 1 is 1.31 bits per heavy atom. The van der Waals surface area contributed by atoms with E-state index in [0.717, 1.165) is 12.0 Å². The highest BCUT2D eigenvalue weighted by Gasteiger charge is 2.27.